The number of likely N-dealkylation sites (N-methyl/N-ethyl adjacent to an activating group) is 1. The first-order valence-corrected chi connectivity index (χ1v) is 9.40. The molecule has 0 fully saturated rings. The van der Waals surface area contributed by atoms with Crippen LogP contribution in [0.5, 0.6) is 0 Å². The zero-order chi connectivity index (χ0) is 21.2. The highest BCUT2D eigenvalue weighted by molar-refractivity contribution is 6.12. The zero-order valence-electron chi connectivity index (χ0n) is 17.0. The number of rotatable bonds is 2. The minimum atomic E-state index is -0.949. The molecule has 0 aromatic heterocycles. The first kappa shape index (κ1) is 20.4. The Balaban J connectivity index is 1.97. The molecular weight excluding hydrogens is 370 g/mol. The predicted octanol–water partition coefficient (Wildman–Crippen LogP) is 3.20. The van der Waals surface area contributed by atoms with Gasteiger partial charge in [-0.2, -0.15) is 0 Å². The number of benzene rings is 2. The fourth-order valence-corrected chi connectivity index (χ4v) is 3.17. The van der Waals surface area contributed by atoms with Crippen molar-refractivity contribution in [2.24, 2.45) is 0 Å². The average molecular weight is 395 g/mol. The van der Waals surface area contributed by atoms with Gasteiger partial charge in [-0.1, -0.05) is 30.3 Å². The van der Waals surface area contributed by atoms with Gasteiger partial charge >= 0.3 is 6.09 Å². The number of fused-ring (bicyclic) bond motifs is 1. The summed E-state index contributed by atoms with van der Waals surface area (Å²) in [5.41, 5.74) is 0.989. The van der Waals surface area contributed by atoms with Crippen LogP contribution in [0.15, 0.2) is 54.6 Å². The van der Waals surface area contributed by atoms with Gasteiger partial charge in [-0.25, -0.2) is 4.79 Å². The number of nitrogens with one attached hydrogen (secondary N) is 1. The van der Waals surface area contributed by atoms with Gasteiger partial charge in [-0.05, 0) is 45.0 Å². The van der Waals surface area contributed by atoms with Gasteiger partial charge in [0.1, 0.15) is 11.6 Å². The molecule has 1 heterocycles. The molecule has 0 saturated carbocycles. The highest BCUT2D eigenvalue weighted by Crippen LogP contribution is 2.32. The monoisotopic (exact) mass is 395 g/mol. The molecule has 2 aromatic rings. The summed E-state index contributed by atoms with van der Waals surface area (Å²) in [6.45, 7) is 5.23. The fraction of sp³-hybridized carbons (Fsp3) is 0.318. The van der Waals surface area contributed by atoms with Crippen molar-refractivity contribution < 1.29 is 19.1 Å². The molecule has 152 valence electrons. The van der Waals surface area contributed by atoms with E-state index in [9.17, 15) is 14.4 Å². The lowest BCUT2D eigenvalue weighted by Gasteiger charge is -2.26. The number of alkyl carbamates (subject to hydrolysis) is 1. The summed E-state index contributed by atoms with van der Waals surface area (Å²) in [7, 11) is 1.63. The van der Waals surface area contributed by atoms with Gasteiger partial charge in [0.25, 0.3) is 11.8 Å². The van der Waals surface area contributed by atoms with E-state index in [2.05, 4.69) is 5.32 Å². The third-order valence-corrected chi connectivity index (χ3v) is 4.48. The quantitative estimate of drug-likeness (QED) is 0.847. The van der Waals surface area contributed by atoms with Crippen molar-refractivity contribution in [3.05, 3.63) is 60.2 Å². The molecule has 0 spiro atoms. The summed E-state index contributed by atoms with van der Waals surface area (Å²) in [4.78, 5) is 41.6. The highest BCUT2D eigenvalue weighted by atomic mass is 16.6. The van der Waals surface area contributed by atoms with E-state index in [0.29, 0.717) is 16.9 Å². The minimum absolute atomic E-state index is 0.00679. The topological polar surface area (TPSA) is 79.0 Å². The lowest BCUT2D eigenvalue weighted by Crippen LogP contribution is -2.53. The fourth-order valence-electron chi connectivity index (χ4n) is 3.17. The Bertz CT molecular complexity index is 921. The summed E-state index contributed by atoms with van der Waals surface area (Å²) < 4.78 is 5.30. The van der Waals surface area contributed by atoms with Crippen molar-refractivity contribution >= 4 is 29.3 Å². The van der Waals surface area contributed by atoms with Crippen LogP contribution in [0, 0.1) is 0 Å². The highest BCUT2D eigenvalue weighted by Gasteiger charge is 2.36. The largest absolute Gasteiger partial charge is 0.444 e. The third-order valence-electron chi connectivity index (χ3n) is 4.48. The van der Waals surface area contributed by atoms with E-state index in [-0.39, 0.29) is 18.4 Å². The maximum Gasteiger partial charge on any atom is 0.408 e. The number of hydrogen-bond donors (Lipinski definition) is 1. The summed E-state index contributed by atoms with van der Waals surface area (Å²) in [6.07, 6.45) is -0.706. The Morgan fingerprint density at radius 3 is 2.21 bits per heavy atom. The molecule has 1 atom stereocenters. The van der Waals surface area contributed by atoms with Crippen LogP contribution in [-0.4, -0.2) is 43.1 Å². The standard InChI is InChI=1S/C22H25N3O4/c1-22(2,3)29-21(28)23-16-14-25(19(26)15-10-6-5-7-11-15)18-13-9-8-12-17(18)24(4)20(16)27/h5-13,16H,14H2,1-4H3,(H,23,28)/t16-/m0/s1. The number of para-hydroxylation sites is 2. The number of nitrogens with zero attached hydrogens (tertiary/aromatic N) is 2. The van der Waals surface area contributed by atoms with E-state index in [1.54, 1.807) is 70.3 Å². The zero-order valence-corrected chi connectivity index (χ0v) is 17.0. The molecule has 2 aromatic carbocycles. The lowest BCUT2D eigenvalue weighted by atomic mass is 10.1. The van der Waals surface area contributed by atoms with Gasteiger partial charge in [0, 0.05) is 12.6 Å². The Hall–Kier alpha value is -3.35. The normalized spacial score (nSPS) is 16.7. The molecule has 1 aliphatic rings. The van der Waals surface area contributed by atoms with Crippen LogP contribution in [0.3, 0.4) is 0 Å². The van der Waals surface area contributed by atoms with Crippen LogP contribution < -0.4 is 15.1 Å². The Labute approximate surface area is 170 Å². The molecule has 7 heteroatoms. The van der Waals surface area contributed by atoms with Crippen LogP contribution >= 0.6 is 0 Å². The number of hydrogen-bond acceptors (Lipinski definition) is 4. The van der Waals surface area contributed by atoms with Crippen molar-refractivity contribution in [3.63, 3.8) is 0 Å². The molecule has 1 aliphatic heterocycles. The van der Waals surface area contributed by atoms with Gasteiger partial charge in [0.15, 0.2) is 0 Å². The van der Waals surface area contributed by atoms with Crippen molar-refractivity contribution in [2.75, 3.05) is 23.4 Å². The van der Waals surface area contributed by atoms with Crippen molar-refractivity contribution in [1.29, 1.82) is 0 Å². The molecule has 3 rings (SSSR count). The van der Waals surface area contributed by atoms with Gasteiger partial charge in [-0.3, -0.25) is 9.59 Å². The second-order valence-electron chi connectivity index (χ2n) is 7.87. The summed E-state index contributed by atoms with van der Waals surface area (Å²) in [6, 6.07) is 15.1. The molecule has 0 aliphatic carbocycles. The maximum absolute atomic E-state index is 13.2. The number of anilines is 2. The van der Waals surface area contributed by atoms with E-state index < -0.39 is 17.7 Å². The smallest absolute Gasteiger partial charge is 0.408 e. The molecule has 29 heavy (non-hydrogen) atoms. The molecule has 1 N–H and O–H groups in total. The summed E-state index contributed by atoms with van der Waals surface area (Å²) >= 11 is 0. The minimum Gasteiger partial charge on any atom is -0.444 e. The molecular formula is C22H25N3O4. The number of amides is 3. The number of ether oxygens (including phenoxy) is 1. The van der Waals surface area contributed by atoms with E-state index in [1.165, 1.54) is 9.80 Å². The SMILES string of the molecule is CN1C(=O)[C@@H](NC(=O)OC(C)(C)C)CN(C(=O)c2ccccc2)c2ccccc21. The maximum atomic E-state index is 13.2. The Morgan fingerprint density at radius 1 is 1.00 bits per heavy atom. The first-order chi connectivity index (χ1) is 13.7. The van der Waals surface area contributed by atoms with Gasteiger partial charge in [-0.15, -0.1) is 0 Å². The molecule has 0 bridgehead atoms. The van der Waals surface area contributed by atoms with Gasteiger partial charge in [0.05, 0.1) is 17.9 Å². The molecule has 0 radical (unpaired) electrons. The second kappa shape index (κ2) is 7.95. The van der Waals surface area contributed by atoms with Crippen molar-refractivity contribution in [2.45, 2.75) is 32.4 Å². The second-order valence-corrected chi connectivity index (χ2v) is 7.87. The van der Waals surface area contributed by atoms with E-state index in [4.69, 9.17) is 4.74 Å². The Kier molecular flexibility index (Phi) is 5.59. The molecule has 0 saturated heterocycles. The van der Waals surface area contributed by atoms with E-state index in [1.807, 2.05) is 12.1 Å². The van der Waals surface area contributed by atoms with E-state index in [0.717, 1.165) is 0 Å². The Morgan fingerprint density at radius 2 is 1.59 bits per heavy atom. The van der Waals surface area contributed by atoms with Crippen molar-refractivity contribution in [1.82, 2.24) is 5.32 Å². The predicted molar refractivity (Wildman–Crippen MR) is 111 cm³/mol. The molecule has 7 nitrogen and oxygen atoms in total. The van der Waals surface area contributed by atoms with Crippen LogP contribution in [0.4, 0.5) is 16.2 Å². The van der Waals surface area contributed by atoms with Crippen molar-refractivity contribution in [3.8, 4) is 0 Å². The van der Waals surface area contributed by atoms with Crippen LogP contribution in [0.25, 0.3) is 0 Å². The summed E-state index contributed by atoms with van der Waals surface area (Å²) in [5, 5.41) is 2.62. The van der Waals surface area contributed by atoms with Crippen LogP contribution in [0.2, 0.25) is 0 Å². The molecule has 3 amide bonds. The first-order valence-electron chi connectivity index (χ1n) is 9.40. The van der Waals surface area contributed by atoms with Gasteiger partial charge in [0.2, 0.25) is 0 Å². The lowest BCUT2D eigenvalue weighted by molar-refractivity contribution is -0.120. The van der Waals surface area contributed by atoms with E-state index >= 15 is 0 Å². The average Bonchev–Trinajstić information content (AvgIpc) is 2.77. The summed E-state index contributed by atoms with van der Waals surface area (Å²) in [5.74, 6) is -0.580. The van der Waals surface area contributed by atoms with Gasteiger partial charge < -0.3 is 19.9 Å². The molecule has 0 unspecified atom stereocenters. The third kappa shape index (κ3) is 4.56. The number of carbonyl (C=O) groups excluding carboxylic acids is 3. The number of carbonyl (C=O) groups is 3. The van der Waals surface area contributed by atoms with Crippen LogP contribution in [-0.2, 0) is 9.53 Å². The van der Waals surface area contributed by atoms with Crippen LogP contribution in [0.1, 0.15) is 31.1 Å².